The molecule has 0 saturated carbocycles. The molecule has 250 valence electrons. The van der Waals surface area contributed by atoms with Crippen LogP contribution in [0.2, 0.25) is 0 Å². The predicted molar refractivity (Wildman–Crippen MR) is 218 cm³/mol. The van der Waals surface area contributed by atoms with Gasteiger partial charge in [0.25, 0.3) is 0 Å². The lowest BCUT2D eigenvalue weighted by molar-refractivity contribution is 0.590. The fourth-order valence-electron chi connectivity index (χ4n) is 6.95. The highest BCUT2D eigenvalue weighted by Crippen LogP contribution is 2.52. The second-order valence-corrected chi connectivity index (χ2v) is 15.7. The second kappa shape index (κ2) is 12.8. The third-order valence-electron chi connectivity index (χ3n) is 9.85. The largest absolute Gasteiger partial charge is 0.309 e. The molecule has 0 radical (unpaired) electrons. The van der Waals surface area contributed by atoms with E-state index < -0.39 is 0 Å². The van der Waals surface area contributed by atoms with Gasteiger partial charge in [0.2, 0.25) is 0 Å². The topological polar surface area (TPSA) is 6.48 Å². The molecule has 0 aliphatic carbocycles. The quantitative estimate of drug-likeness (QED) is 0.130. The number of benzene rings is 7. The normalized spacial score (nSPS) is 12.0. The van der Waals surface area contributed by atoms with Gasteiger partial charge in [0.15, 0.2) is 0 Å². The van der Waals surface area contributed by atoms with Gasteiger partial charge < -0.3 is 9.80 Å². The number of anilines is 6. The average molecular weight is 653 g/mol. The van der Waals surface area contributed by atoms with Crippen molar-refractivity contribution in [2.75, 3.05) is 9.80 Å². The van der Waals surface area contributed by atoms with Gasteiger partial charge in [-0.15, -0.1) is 0 Å². The van der Waals surface area contributed by atoms with Crippen LogP contribution < -0.4 is 9.80 Å². The Morgan fingerprint density at radius 3 is 0.980 bits per heavy atom. The van der Waals surface area contributed by atoms with Crippen molar-refractivity contribution >= 4 is 55.7 Å². The summed E-state index contributed by atoms with van der Waals surface area (Å²) in [6, 6.07) is 53.9. The van der Waals surface area contributed by atoms with Gasteiger partial charge in [-0.05, 0) is 96.5 Å². The Labute approximate surface area is 298 Å². The number of rotatable bonds is 6. The lowest BCUT2D eigenvalue weighted by Crippen LogP contribution is -2.17. The van der Waals surface area contributed by atoms with Crippen LogP contribution in [0.5, 0.6) is 0 Å². The maximum absolute atomic E-state index is 2.47. The first-order valence-electron chi connectivity index (χ1n) is 17.8. The van der Waals surface area contributed by atoms with Crippen LogP contribution in [0.1, 0.15) is 63.8 Å². The summed E-state index contributed by atoms with van der Waals surface area (Å²) in [5.74, 6) is 0. The molecule has 0 amide bonds. The van der Waals surface area contributed by atoms with E-state index in [1.807, 2.05) is 0 Å². The van der Waals surface area contributed by atoms with Crippen LogP contribution in [-0.2, 0) is 10.8 Å². The van der Waals surface area contributed by atoms with E-state index in [1.54, 1.807) is 0 Å². The minimum absolute atomic E-state index is 0.0335. The summed E-state index contributed by atoms with van der Waals surface area (Å²) in [7, 11) is 0. The molecule has 7 aromatic rings. The zero-order valence-electron chi connectivity index (χ0n) is 30.8. The molecule has 0 spiro atoms. The van der Waals surface area contributed by atoms with Crippen LogP contribution in [0.4, 0.5) is 34.1 Å². The molecule has 7 aromatic carbocycles. The number of hydrogen-bond donors (Lipinski definition) is 0. The fourth-order valence-corrected chi connectivity index (χ4v) is 6.95. The predicted octanol–water partition coefficient (Wildman–Crippen LogP) is 14.1. The maximum atomic E-state index is 2.47. The first-order valence-corrected chi connectivity index (χ1v) is 17.8. The molecule has 0 heterocycles. The van der Waals surface area contributed by atoms with Crippen molar-refractivity contribution in [1.29, 1.82) is 0 Å². The zero-order chi connectivity index (χ0) is 35.2. The van der Waals surface area contributed by atoms with Crippen LogP contribution in [0.25, 0.3) is 21.5 Å². The first-order chi connectivity index (χ1) is 23.9. The molecule has 2 nitrogen and oxygen atoms in total. The Morgan fingerprint density at radius 1 is 0.340 bits per heavy atom. The van der Waals surface area contributed by atoms with Crippen LogP contribution in [0.15, 0.2) is 146 Å². The van der Waals surface area contributed by atoms with Crippen molar-refractivity contribution in [3.63, 3.8) is 0 Å². The molecule has 0 atom stereocenters. The SMILES string of the molecule is Cc1ccc(N(c2ccccc2)c2c3ccc(C(C)(C)C)cc3c(N(c3ccccc3)c3ccc(C)cc3)c3ccc(C(C)(C)C)cc23)cc1. The molecule has 50 heavy (non-hydrogen) atoms. The molecule has 0 aromatic heterocycles. The Kier molecular flexibility index (Phi) is 8.52. The molecule has 2 heteroatoms. The smallest absolute Gasteiger partial charge is 0.0620 e. The lowest BCUT2D eigenvalue weighted by atomic mass is 9.82. The van der Waals surface area contributed by atoms with E-state index >= 15 is 0 Å². The molecule has 0 N–H and O–H groups in total. The van der Waals surface area contributed by atoms with E-state index in [-0.39, 0.29) is 10.8 Å². The summed E-state index contributed by atoms with van der Waals surface area (Å²) >= 11 is 0. The van der Waals surface area contributed by atoms with Gasteiger partial charge in [-0.2, -0.15) is 0 Å². The molecular weight excluding hydrogens is 605 g/mol. The van der Waals surface area contributed by atoms with Crippen LogP contribution in [0, 0.1) is 13.8 Å². The Morgan fingerprint density at radius 2 is 0.660 bits per heavy atom. The highest BCUT2D eigenvalue weighted by Gasteiger charge is 2.28. The van der Waals surface area contributed by atoms with E-state index in [9.17, 15) is 0 Å². The van der Waals surface area contributed by atoms with Crippen LogP contribution >= 0.6 is 0 Å². The monoisotopic (exact) mass is 652 g/mol. The van der Waals surface area contributed by atoms with Gasteiger partial charge in [0.05, 0.1) is 11.4 Å². The summed E-state index contributed by atoms with van der Waals surface area (Å²) in [5.41, 5.74) is 12.0. The standard InChI is InChI=1S/C48H48N2/c1-33-19-25-39(26-20-33)49(37-15-11-9-12-16-37)45-41-29-23-36(48(6,7)8)32-44(41)46(42-30-24-35(31-43(42)45)47(3,4)5)50(38-17-13-10-14-18-38)40-27-21-34(2)22-28-40/h9-32H,1-8H3. The van der Waals surface area contributed by atoms with Crippen LogP contribution in [0.3, 0.4) is 0 Å². The van der Waals surface area contributed by atoms with Crippen molar-refractivity contribution in [3.8, 4) is 0 Å². The highest BCUT2D eigenvalue weighted by atomic mass is 15.2. The number of para-hydroxylation sites is 2. The number of aryl methyl sites for hydroxylation is 2. The molecule has 0 saturated heterocycles. The minimum Gasteiger partial charge on any atom is -0.309 e. The Hall–Kier alpha value is -5.34. The highest BCUT2D eigenvalue weighted by molar-refractivity contribution is 6.23. The van der Waals surface area contributed by atoms with E-state index in [2.05, 4.69) is 211 Å². The fraction of sp³-hybridized carbons (Fsp3) is 0.208. The van der Waals surface area contributed by atoms with Crippen molar-refractivity contribution in [2.24, 2.45) is 0 Å². The average Bonchev–Trinajstić information content (AvgIpc) is 3.10. The third kappa shape index (κ3) is 6.27. The van der Waals surface area contributed by atoms with Crippen molar-refractivity contribution < 1.29 is 0 Å². The zero-order valence-corrected chi connectivity index (χ0v) is 30.8. The number of nitrogens with zero attached hydrogens (tertiary/aromatic N) is 2. The Bertz CT molecular complexity index is 2100. The molecule has 0 bridgehead atoms. The van der Waals surface area contributed by atoms with E-state index in [4.69, 9.17) is 0 Å². The van der Waals surface area contributed by atoms with Gasteiger partial charge >= 0.3 is 0 Å². The van der Waals surface area contributed by atoms with E-state index in [1.165, 1.54) is 55.2 Å². The van der Waals surface area contributed by atoms with Gasteiger partial charge in [-0.3, -0.25) is 0 Å². The number of hydrogen-bond acceptors (Lipinski definition) is 2. The molecule has 0 unspecified atom stereocenters. The summed E-state index contributed by atoms with van der Waals surface area (Å²) in [4.78, 5) is 4.94. The summed E-state index contributed by atoms with van der Waals surface area (Å²) in [6.45, 7) is 18.2. The lowest BCUT2D eigenvalue weighted by Gasteiger charge is -2.34. The molecule has 0 fully saturated rings. The third-order valence-corrected chi connectivity index (χ3v) is 9.85. The maximum Gasteiger partial charge on any atom is 0.0620 e. The molecule has 0 aliphatic heterocycles. The summed E-state index contributed by atoms with van der Waals surface area (Å²) in [6.07, 6.45) is 0. The first kappa shape index (κ1) is 33.2. The summed E-state index contributed by atoms with van der Waals surface area (Å²) in [5, 5.41) is 4.87. The van der Waals surface area contributed by atoms with E-state index in [0.717, 1.165) is 22.7 Å². The van der Waals surface area contributed by atoms with Gasteiger partial charge in [0.1, 0.15) is 0 Å². The molecular formula is C48H48N2. The minimum atomic E-state index is -0.0335. The Balaban J connectivity index is 1.71. The van der Waals surface area contributed by atoms with Gasteiger partial charge in [-0.1, -0.05) is 138 Å². The molecule has 0 aliphatic rings. The van der Waals surface area contributed by atoms with Gasteiger partial charge in [-0.25, -0.2) is 0 Å². The number of fused-ring (bicyclic) bond motifs is 2. The van der Waals surface area contributed by atoms with Crippen molar-refractivity contribution in [3.05, 3.63) is 168 Å². The van der Waals surface area contributed by atoms with E-state index in [0.29, 0.717) is 0 Å². The van der Waals surface area contributed by atoms with Crippen molar-refractivity contribution in [2.45, 2.75) is 66.2 Å². The van der Waals surface area contributed by atoms with Crippen molar-refractivity contribution in [1.82, 2.24) is 0 Å². The molecule has 7 rings (SSSR count). The van der Waals surface area contributed by atoms with Crippen LogP contribution in [-0.4, -0.2) is 0 Å². The van der Waals surface area contributed by atoms with Gasteiger partial charge in [0, 0.05) is 44.3 Å². The summed E-state index contributed by atoms with van der Waals surface area (Å²) < 4.78 is 0. The second-order valence-electron chi connectivity index (χ2n) is 15.7.